The SMILES string of the molecule is CC(C)c1ccc(C#N)c(=O)n1CC(=O)Nc1ccccc1. The molecule has 1 amide bonds. The summed E-state index contributed by atoms with van der Waals surface area (Å²) in [5.74, 6) is -0.227. The molecule has 22 heavy (non-hydrogen) atoms. The van der Waals surface area contributed by atoms with Crippen molar-refractivity contribution in [3.63, 3.8) is 0 Å². The smallest absolute Gasteiger partial charge is 0.269 e. The number of aromatic nitrogens is 1. The zero-order valence-corrected chi connectivity index (χ0v) is 12.5. The van der Waals surface area contributed by atoms with E-state index >= 15 is 0 Å². The molecular weight excluding hydrogens is 278 g/mol. The minimum absolute atomic E-state index is 0.0388. The van der Waals surface area contributed by atoms with Crippen molar-refractivity contribution in [2.24, 2.45) is 0 Å². The van der Waals surface area contributed by atoms with Gasteiger partial charge in [0, 0.05) is 11.4 Å². The van der Waals surface area contributed by atoms with E-state index < -0.39 is 5.56 Å². The maximum Gasteiger partial charge on any atom is 0.269 e. The second-order valence-electron chi connectivity index (χ2n) is 5.24. The van der Waals surface area contributed by atoms with Crippen molar-refractivity contribution in [2.45, 2.75) is 26.3 Å². The number of amides is 1. The number of rotatable bonds is 4. The minimum atomic E-state index is -0.433. The molecule has 5 heteroatoms. The second kappa shape index (κ2) is 6.72. The van der Waals surface area contributed by atoms with Gasteiger partial charge in [-0.3, -0.25) is 9.59 Å². The minimum Gasteiger partial charge on any atom is -0.325 e. The predicted octanol–water partition coefficient (Wildman–Crippen LogP) is 2.48. The van der Waals surface area contributed by atoms with Gasteiger partial charge in [0.1, 0.15) is 18.2 Å². The zero-order chi connectivity index (χ0) is 16.1. The van der Waals surface area contributed by atoms with Gasteiger partial charge in [-0.1, -0.05) is 32.0 Å². The lowest BCUT2D eigenvalue weighted by atomic mass is 10.1. The lowest BCUT2D eigenvalue weighted by Crippen LogP contribution is -2.31. The third-order valence-electron chi connectivity index (χ3n) is 3.28. The molecule has 0 aliphatic carbocycles. The molecule has 1 aromatic carbocycles. The molecule has 0 fully saturated rings. The second-order valence-corrected chi connectivity index (χ2v) is 5.24. The van der Waals surface area contributed by atoms with E-state index in [1.54, 1.807) is 18.2 Å². The molecule has 2 rings (SSSR count). The number of nitrogens with zero attached hydrogens (tertiary/aromatic N) is 2. The van der Waals surface area contributed by atoms with Gasteiger partial charge >= 0.3 is 0 Å². The van der Waals surface area contributed by atoms with E-state index in [9.17, 15) is 9.59 Å². The molecule has 5 nitrogen and oxygen atoms in total. The normalized spacial score (nSPS) is 10.3. The lowest BCUT2D eigenvalue weighted by molar-refractivity contribution is -0.116. The Morgan fingerprint density at radius 3 is 2.50 bits per heavy atom. The average molecular weight is 295 g/mol. The molecule has 0 bridgehead atoms. The molecule has 1 N–H and O–H groups in total. The standard InChI is InChI=1S/C17H17N3O2/c1-12(2)15-9-8-13(10-18)17(22)20(15)11-16(21)19-14-6-4-3-5-7-14/h3-9,12H,11H2,1-2H3,(H,19,21). The topological polar surface area (TPSA) is 74.9 Å². The Morgan fingerprint density at radius 2 is 1.91 bits per heavy atom. The fourth-order valence-electron chi connectivity index (χ4n) is 2.21. The van der Waals surface area contributed by atoms with E-state index in [1.807, 2.05) is 38.1 Å². The summed E-state index contributed by atoms with van der Waals surface area (Å²) in [5.41, 5.74) is 1.00. The van der Waals surface area contributed by atoms with Crippen molar-refractivity contribution < 1.29 is 4.79 Å². The largest absolute Gasteiger partial charge is 0.325 e. The molecule has 0 aliphatic rings. The third kappa shape index (κ3) is 3.41. The highest BCUT2D eigenvalue weighted by molar-refractivity contribution is 5.90. The van der Waals surface area contributed by atoms with Gasteiger partial charge in [-0.25, -0.2) is 0 Å². The van der Waals surface area contributed by atoms with Crippen molar-refractivity contribution in [1.29, 1.82) is 5.26 Å². The molecule has 0 spiro atoms. The fraction of sp³-hybridized carbons (Fsp3) is 0.235. The first-order valence-corrected chi connectivity index (χ1v) is 7.01. The quantitative estimate of drug-likeness (QED) is 0.941. The number of pyridine rings is 1. The van der Waals surface area contributed by atoms with Crippen LogP contribution in [0.4, 0.5) is 5.69 Å². The summed E-state index contributed by atoms with van der Waals surface area (Å²) in [7, 11) is 0. The van der Waals surface area contributed by atoms with Crippen LogP contribution in [0.15, 0.2) is 47.3 Å². The van der Waals surface area contributed by atoms with Crippen LogP contribution in [0.2, 0.25) is 0 Å². The van der Waals surface area contributed by atoms with Crippen LogP contribution in [-0.4, -0.2) is 10.5 Å². The Bertz CT molecular complexity index is 771. The number of nitrogens with one attached hydrogen (secondary N) is 1. The number of carbonyl (C=O) groups is 1. The summed E-state index contributed by atoms with van der Waals surface area (Å²) in [6.45, 7) is 3.76. The summed E-state index contributed by atoms with van der Waals surface area (Å²) in [5, 5.41) is 11.7. The summed E-state index contributed by atoms with van der Waals surface area (Å²) < 4.78 is 1.36. The number of hydrogen-bond acceptors (Lipinski definition) is 3. The van der Waals surface area contributed by atoms with E-state index in [0.717, 1.165) is 5.69 Å². The van der Waals surface area contributed by atoms with Crippen molar-refractivity contribution in [3.8, 4) is 6.07 Å². The van der Waals surface area contributed by atoms with Crippen molar-refractivity contribution in [2.75, 3.05) is 5.32 Å². The van der Waals surface area contributed by atoms with Crippen LogP contribution in [0, 0.1) is 11.3 Å². The van der Waals surface area contributed by atoms with E-state index in [0.29, 0.717) is 5.69 Å². The van der Waals surface area contributed by atoms with Gasteiger partial charge < -0.3 is 9.88 Å². The van der Waals surface area contributed by atoms with Crippen molar-refractivity contribution >= 4 is 11.6 Å². The van der Waals surface area contributed by atoms with Gasteiger partial charge in [0.15, 0.2) is 0 Å². The van der Waals surface area contributed by atoms with E-state index in [2.05, 4.69) is 5.32 Å². The molecule has 0 aliphatic heterocycles. The van der Waals surface area contributed by atoms with Crippen LogP contribution in [0.1, 0.15) is 31.0 Å². The maximum atomic E-state index is 12.3. The first kappa shape index (κ1) is 15.5. The van der Waals surface area contributed by atoms with E-state index in [4.69, 9.17) is 5.26 Å². The van der Waals surface area contributed by atoms with Crippen LogP contribution in [0.25, 0.3) is 0 Å². The average Bonchev–Trinajstić information content (AvgIpc) is 2.50. The molecule has 0 radical (unpaired) electrons. The number of para-hydroxylation sites is 1. The Labute approximate surface area is 128 Å². The van der Waals surface area contributed by atoms with Crippen LogP contribution >= 0.6 is 0 Å². The highest BCUT2D eigenvalue weighted by Crippen LogP contribution is 2.13. The Balaban J connectivity index is 2.30. The summed E-state index contributed by atoms with van der Waals surface area (Å²) in [6, 6.07) is 14.1. The van der Waals surface area contributed by atoms with Gasteiger partial charge in [0.25, 0.3) is 5.56 Å². The van der Waals surface area contributed by atoms with Gasteiger partial charge in [-0.05, 0) is 30.2 Å². The number of nitriles is 1. The van der Waals surface area contributed by atoms with Crippen molar-refractivity contribution in [1.82, 2.24) is 4.57 Å². The highest BCUT2D eigenvalue weighted by atomic mass is 16.2. The summed E-state index contributed by atoms with van der Waals surface area (Å²) >= 11 is 0. The predicted molar refractivity (Wildman–Crippen MR) is 84.6 cm³/mol. The highest BCUT2D eigenvalue weighted by Gasteiger charge is 2.14. The van der Waals surface area contributed by atoms with Crippen LogP contribution in [0.3, 0.4) is 0 Å². The molecule has 0 unspecified atom stereocenters. The Kier molecular flexibility index (Phi) is 4.74. The zero-order valence-electron chi connectivity index (χ0n) is 12.5. The molecular formula is C17H17N3O2. The molecule has 112 valence electrons. The van der Waals surface area contributed by atoms with E-state index in [1.165, 1.54) is 10.6 Å². The molecule has 0 saturated heterocycles. The Hall–Kier alpha value is -2.87. The fourth-order valence-corrected chi connectivity index (χ4v) is 2.21. The molecule has 0 atom stereocenters. The number of carbonyl (C=O) groups excluding carboxylic acids is 1. The third-order valence-corrected chi connectivity index (χ3v) is 3.28. The molecule has 2 aromatic rings. The van der Waals surface area contributed by atoms with Gasteiger partial charge in [-0.15, -0.1) is 0 Å². The molecule has 0 saturated carbocycles. The van der Waals surface area contributed by atoms with Gasteiger partial charge in [0.2, 0.25) is 5.91 Å². The number of hydrogen-bond donors (Lipinski definition) is 1. The number of anilines is 1. The monoisotopic (exact) mass is 295 g/mol. The molecule has 1 aromatic heterocycles. The number of benzene rings is 1. The Morgan fingerprint density at radius 1 is 1.23 bits per heavy atom. The summed E-state index contributed by atoms with van der Waals surface area (Å²) in [6.07, 6.45) is 0. The van der Waals surface area contributed by atoms with E-state index in [-0.39, 0.29) is 23.9 Å². The van der Waals surface area contributed by atoms with Crippen LogP contribution < -0.4 is 10.9 Å². The van der Waals surface area contributed by atoms with Gasteiger partial charge in [-0.2, -0.15) is 5.26 Å². The molecule has 1 heterocycles. The lowest BCUT2D eigenvalue weighted by Gasteiger charge is -2.15. The van der Waals surface area contributed by atoms with Crippen LogP contribution in [-0.2, 0) is 11.3 Å². The van der Waals surface area contributed by atoms with Gasteiger partial charge in [0.05, 0.1) is 0 Å². The maximum absolute atomic E-state index is 12.3. The first-order valence-electron chi connectivity index (χ1n) is 7.01. The first-order chi connectivity index (χ1) is 10.5. The van der Waals surface area contributed by atoms with Crippen molar-refractivity contribution in [3.05, 3.63) is 64.1 Å². The summed E-state index contributed by atoms with van der Waals surface area (Å²) in [4.78, 5) is 24.4. The van der Waals surface area contributed by atoms with Crippen LogP contribution in [0.5, 0.6) is 0 Å².